The molecule has 160 valence electrons. The van der Waals surface area contributed by atoms with Crippen LogP contribution in [0.2, 0.25) is 0 Å². The SMILES string of the molecule is CCn1ccc(CN2C[C@H]3C[C@@H](C2)[C@H](C(=O)N2CCSCC2)n2c3cccc2=O)n1. The number of rotatable bonds is 4. The van der Waals surface area contributed by atoms with Crippen molar-refractivity contribution in [1.82, 2.24) is 24.1 Å². The second-order valence-corrected chi connectivity index (χ2v) is 9.82. The summed E-state index contributed by atoms with van der Waals surface area (Å²) in [6.07, 6.45) is 3.00. The predicted octanol–water partition coefficient (Wildman–Crippen LogP) is 1.80. The van der Waals surface area contributed by atoms with E-state index >= 15 is 0 Å². The zero-order chi connectivity index (χ0) is 20.7. The van der Waals surface area contributed by atoms with E-state index in [1.165, 1.54) is 0 Å². The number of likely N-dealkylation sites (tertiary alicyclic amines) is 1. The first-order valence-electron chi connectivity index (χ1n) is 11.0. The molecule has 8 heteroatoms. The Morgan fingerprint density at radius 2 is 2.03 bits per heavy atom. The average molecular weight is 428 g/mol. The molecule has 5 heterocycles. The highest BCUT2D eigenvalue weighted by Gasteiger charge is 2.45. The number of pyridine rings is 1. The molecule has 30 heavy (non-hydrogen) atoms. The Hall–Kier alpha value is -2.06. The topological polar surface area (TPSA) is 63.4 Å². The highest BCUT2D eigenvalue weighted by Crippen LogP contribution is 2.42. The number of hydrogen-bond acceptors (Lipinski definition) is 5. The van der Waals surface area contributed by atoms with Gasteiger partial charge in [-0.1, -0.05) is 6.07 Å². The van der Waals surface area contributed by atoms with Gasteiger partial charge in [0.1, 0.15) is 6.04 Å². The van der Waals surface area contributed by atoms with Gasteiger partial charge < -0.3 is 4.90 Å². The number of piperidine rings is 1. The lowest BCUT2D eigenvalue weighted by atomic mass is 9.78. The van der Waals surface area contributed by atoms with Gasteiger partial charge in [0.25, 0.3) is 5.56 Å². The van der Waals surface area contributed by atoms with Crippen molar-refractivity contribution in [2.75, 3.05) is 37.7 Å². The molecule has 2 aromatic heterocycles. The van der Waals surface area contributed by atoms with Gasteiger partial charge in [-0.2, -0.15) is 16.9 Å². The van der Waals surface area contributed by atoms with E-state index in [2.05, 4.69) is 23.0 Å². The van der Waals surface area contributed by atoms with E-state index in [0.717, 1.165) is 68.6 Å². The number of nitrogens with zero attached hydrogens (tertiary/aromatic N) is 5. The average Bonchev–Trinajstić information content (AvgIpc) is 3.22. The highest BCUT2D eigenvalue weighted by atomic mass is 32.2. The second-order valence-electron chi connectivity index (χ2n) is 8.59. The fourth-order valence-corrected chi connectivity index (χ4v) is 6.24. The number of aromatic nitrogens is 3. The van der Waals surface area contributed by atoms with Crippen LogP contribution < -0.4 is 5.56 Å². The van der Waals surface area contributed by atoms with Crippen molar-refractivity contribution in [1.29, 1.82) is 0 Å². The van der Waals surface area contributed by atoms with Gasteiger partial charge in [-0.05, 0) is 25.5 Å². The predicted molar refractivity (Wildman–Crippen MR) is 118 cm³/mol. The molecule has 2 fully saturated rings. The third-order valence-electron chi connectivity index (χ3n) is 6.70. The molecule has 2 saturated heterocycles. The Balaban J connectivity index is 1.45. The zero-order valence-corrected chi connectivity index (χ0v) is 18.3. The minimum Gasteiger partial charge on any atom is -0.339 e. The van der Waals surface area contributed by atoms with Crippen LogP contribution in [0.5, 0.6) is 0 Å². The summed E-state index contributed by atoms with van der Waals surface area (Å²) in [7, 11) is 0. The molecule has 0 spiro atoms. The molecule has 0 aliphatic carbocycles. The molecule has 0 aromatic carbocycles. The van der Waals surface area contributed by atoms with Crippen molar-refractivity contribution < 1.29 is 4.79 Å². The lowest BCUT2D eigenvalue weighted by Gasteiger charge is -2.47. The standard InChI is InChI=1S/C22H29N5O2S/c1-2-26-7-6-18(23-26)15-24-13-16-12-17(14-24)21(22(29)25-8-10-30-11-9-25)27-19(16)4-3-5-20(27)28/h3-7,16-17,21H,2,8-15H2,1H3/t16-,17+,21-/m1/s1. The van der Waals surface area contributed by atoms with Gasteiger partial charge >= 0.3 is 0 Å². The molecular formula is C22H29N5O2S. The van der Waals surface area contributed by atoms with Crippen LogP contribution in [0, 0.1) is 5.92 Å². The zero-order valence-electron chi connectivity index (χ0n) is 17.4. The van der Waals surface area contributed by atoms with Crippen LogP contribution in [0.4, 0.5) is 0 Å². The Morgan fingerprint density at radius 1 is 1.20 bits per heavy atom. The van der Waals surface area contributed by atoms with Crippen molar-refractivity contribution in [3.63, 3.8) is 0 Å². The summed E-state index contributed by atoms with van der Waals surface area (Å²) >= 11 is 1.90. The molecule has 3 atom stereocenters. The Bertz CT molecular complexity index is 980. The highest BCUT2D eigenvalue weighted by molar-refractivity contribution is 7.99. The van der Waals surface area contributed by atoms with E-state index in [1.807, 2.05) is 44.2 Å². The summed E-state index contributed by atoms with van der Waals surface area (Å²) in [5.74, 6) is 2.53. The summed E-state index contributed by atoms with van der Waals surface area (Å²) in [6, 6.07) is 7.19. The molecule has 2 aromatic rings. The Kier molecular flexibility index (Phi) is 5.45. The largest absolute Gasteiger partial charge is 0.339 e. The van der Waals surface area contributed by atoms with E-state index < -0.39 is 0 Å². The maximum absolute atomic E-state index is 13.6. The first kappa shape index (κ1) is 19.9. The minimum absolute atomic E-state index is 0.0397. The fourth-order valence-electron chi connectivity index (χ4n) is 5.34. The number of amides is 1. The van der Waals surface area contributed by atoms with E-state index in [-0.39, 0.29) is 29.3 Å². The van der Waals surface area contributed by atoms with Crippen molar-refractivity contribution >= 4 is 17.7 Å². The molecule has 0 saturated carbocycles. The number of hydrogen-bond donors (Lipinski definition) is 0. The van der Waals surface area contributed by atoms with Gasteiger partial charge in [0.05, 0.1) is 5.69 Å². The van der Waals surface area contributed by atoms with Crippen LogP contribution in [0.15, 0.2) is 35.3 Å². The van der Waals surface area contributed by atoms with Crippen molar-refractivity contribution in [3.05, 3.63) is 52.2 Å². The quantitative estimate of drug-likeness (QED) is 0.745. The van der Waals surface area contributed by atoms with Gasteiger partial charge in [-0.15, -0.1) is 0 Å². The summed E-state index contributed by atoms with van der Waals surface area (Å²) in [6.45, 7) is 7.04. The van der Waals surface area contributed by atoms with E-state index in [0.29, 0.717) is 0 Å². The van der Waals surface area contributed by atoms with E-state index in [1.54, 1.807) is 6.07 Å². The van der Waals surface area contributed by atoms with E-state index in [4.69, 9.17) is 0 Å². The fraction of sp³-hybridized carbons (Fsp3) is 0.591. The molecule has 1 amide bonds. The molecule has 7 nitrogen and oxygen atoms in total. The summed E-state index contributed by atoms with van der Waals surface area (Å²) in [5.41, 5.74) is 2.05. The molecule has 5 rings (SSSR count). The molecular weight excluding hydrogens is 398 g/mol. The summed E-state index contributed by atoms with van der Waals surface area (Å²) < 4.78 is 3.78. The van der Waals surface area contributed by atoms with Crippen molar-refractivity contribution in [3.8, 4) is 0 Å². The van der Waals surface area contributed by atoms with Gasteiger partial charge in [0.15, 0.2) is 0 Å². The van der Waals surface area contributed by atoms with Crippen LogP contribution in [0.1, 0.15) is 36.7 Å². The number of fused-ring (bicyclic) bond motifs is 4. The van der Waals surface area contributed by atoms with Gasteiger partial charge in [-0.3, -0.25) is 23.7 Å². The first-order valence-corrected chi connectivity index (χ1v) is 12.1. The second kappa shape index (κ2) is 8.23. The Labute approximate surface area is 181 Å². The van der Waals surface area contributed by atoms with Gasteiger partial charge in [-0.25, -0.2) is 0 Å². The van der Waals surface area contributed by atoms with Crippen molar-refractivity contribution in [2.45, 2.75) is 38.4 Å². The molecule has 0 N–H and O–H groups in total. The third-order valence-corrected chi connectivity index (χ3v) is 7.65. The lowest BCUT2D eigenvalue weighted by Crippen LogP contribution is -2.54. The number of thioether (sulfide) groups is 1. The molecule has 3 aliphatic heterocycles. The Morgan fingerprint density at radius 3 is 2.80 bits per heavy atom. The van der Waals surface area contributed by atoms with Gasteiger partial charge in [0, 0.05) is 80.6 Å². The molecule has 0 radical (unpaired) electrons. The van der Waals surface area contributed by atoms with E-state index in [9.17, 15) is 9.59 Å². The first-order chi connectivity index (χ1) is 14.6. The van der Waals surface area contributed by atoms with Crippen molar-refractivity contribution in [2.24, 2.45) is 5.92 Å². The van der Waals surface area contributed by atoms with Crippen LogP contribution in [-0.2, 0) is 17.9 Å². The normalized spacial score (nSPS) is 26.4. The monoisotopic (exact) mass is 427 g/mol. The molecule has 0 unspecified atom stereocenters. The van der Waals surface area contributed by atoms with Gasteiger partial charge in [0.2, 0.25) is 5.91 Å². The van der Waals surface area contributed by atoms with Crippen LogP contribution >= 0.6 is 11.8 Å². The third kappa shape index (κ3) is 3.60. The number of aryl methyl sites for hydroxylation is 1. The molecule has 3 aliphatic rings. The number of carbonyl (C=O) groups is 1. The summed E-state index contributed by atoms with van der Waals surface area (Å²) in [4.78, 5) is 30.9. The number of carbonyl (C=O) groups excluding carboxylic acids is 1. The van der Waals surface area contributed by atoms with Crippen LogP contribution in [0.3, 0.4) is 0 Å². The maximum Gasteiger partial charge on any atom is 0.251 e. The van der Waals surface area contributed by atoms with Crippen LogP contribution in [0.25, 0.3) is 0 Å². The lowest BCUT2D eigenvalue weighted by molar-refractivity contribution is -0.138. The van der Waals surface area contributed by atoms with Crippen LogP contribution in [-0.4, -0.2) is 67.7 Å². The minimum atomic E-state index is -0.385. The summed E-state index contributed by atoms with van der Waals surface area (Å²) in [5, 5.41) is 4.65. The smallest absolute Gasteiger partial charge is 0.251 e. The maximum atomic E-state index is 13.6. The molecule has 2 bridgehead atoms.